The van der Waals surface area contributed by atoms with Crippen molar-refractivity contribution < 1.29 is 22.6 Å². The number of ether oxygens (including phenoxy) is 2. The van der Waals surface area contributed by atoms with Gasteiger partial charge in [-0.1, -0.05) is 29.8 Å². The highest BCUT2D eigenvalue weighted by Crippen LogP contribution is 2.34. The summed E-state index contributed by atoms with van der Waals surface area (Å²) in [5.74, 6) is -0.132. The predicted octanol–water partition coefficient (Wildman–Crippen LogP) is 3.46. The summed E-state index contributed by atoms with van der Waals surface area (Å²) in [6.07, 6.45) is -5.89. The predicted molar refractivity (Wildman–Crippen MR) is 133 cm³/mol. The molecule has 2 aromatic carbocycles. The van der Waals surface area contributed by atoms with Crippen LogP contribution >= 0.6 is 11.6 Å². The Morgan fingerprint density at radius 3 is 2.41 bits per heavy atom. The molecule has 0 bridgehead atoms. The van der Waals surface area contributed by atoms with Gasteiger partial charge in [-0.05, 0) is 43.9 Å². The van der Waals surface area contributed by atoms with Crippen molar-refractivity contribution in [2.24, 2.45) is 7.05 Å². The molecule has 1 atom stereocenters. The molecule has 9 nitrogen and oxygen atoms in total. The number of hydrogen-bond acceptors (Lipinski definition) is 7. The van der Waals surface area contributed by atoms with Crippen LogP contribution in [-0.4, -0.2) is 47.4 Å². The molecule has 198 valence electrons. The number of aromatic nitrogens is 2. The van der Waals surface area contributed by atoms with E-state index in [0.717, 1.165) is 22.3 Å². The minimum atomic E-state index is -4.87. The van der Waals surface area contributed by atoms with Crippen molar-refractivity contribution in [3.8, 4) is 11.5 Å². The molecule has 0 spiro atoms. The monoisotopic (exact) mass is 539 g/mol. The lowest BCUT2D eigenvalue weighted by atomic mass is 10.2. The van der Waals surface area contributed by atoms with E-state index in [9.17, 15) is 22.8 Å². The van der Waals surface area contributed by atoms with Gasteiger partial charge in [0.2, 0.25) is 0 Å². The number of nitrogens with zero attached hydrogens (tertiary/aromatic N) is 4. The van der Waals surface area contributed by atoms with Crippen LogP contribution in [0.25, 0.3) is 0 Å². The maximum Gasteiger partial charge on any atom is 0.573 e. The van der Waals surface area contributed by atoms with Gasteiger partial charge in [-0.25, -0.2) is 4.79 Å². The van der Waals surface area contributed by atoms with Gasteiger partial charge in [0.25, 0.3) is 11.9 Å². The van der Waals surface area contributed by atoms with E-state index in [4.69, 9.17) is 16.3 Å². The largest absolute Gasteiger partial charge is 0.573 e. The van der Waals surface area contributed by atoms with Crippen LogP contribution in [0.4, 0.5) is 24.7 Å². The molecule has 1 aliphatic rings. The molecule has 0 radical (unpaired) electrons. The molecule has 37 heavy (non-hydrogen) atoms. The number of likely N-dealkylation sites (N-methyl/N-ethyl adjacent to an activating group) is 1. The smallest absolute Gasteiger partial charge is 0.452 e. The van der Waals surface area contributed by atoms with Gasteiger partial charge in [0.05, 0.1) is 0 Å². The average Bonchev–Trinajstić information content (AvgIpc) is 3.15. The van der Waals surface area contributed by atoms with E-state index in [-0.39, 0.29) is 30.3 Å². The lowest BCUT2D eigenvalue weighted by Gasteiger charge is -2.26. The fourth-order valence-corrected chi connectivity index (χ4v) is 4.02. The van der Waals surface area contributed by atoms with E-state index in [1.165, 1.54) is 23.7 Å². The van der Waals surface area contributed by atoms with Crippen molar-refractivity contribution in [1.82, 2.24) is 14.0 Å². The van der Waals surface area contributed by atoms with Crippen LogP contribution in [0.15, 0.2) is 58.1 Å². The zero-order valence-electron chi connectivity index (χ0n) is 20.3. The first-order valence-corrected chi connectivity index (χ1v) is 11.6. The van der Waals surface area contributed by atoms with Gasteiger partial charge in [-0.2, -0.15) is 0 Å². The first-order valence-electron chi connectivity index (χ1n) is 11.2. The zero-order valence-corrected chi connectivity index (χ0v) is 21.0. The highest BCUT2D eigenvalue weighted by atomic mass is 35.5. The number of fused-ring (bicyclic) bond motifs is 1. The Morgan fingerprint density at radius 1 is 1.08 bits per heavy atom. The van der Waals surface area contributed by atoms with Gasteiger partial charge in [0.1, 0.15) is 23.0 Å². The molecule has 0 saturated heterocycles. The number of benzene rings is 2. The maximum absolute atomic E-state index is 13.3. The molecule has 1 N–H and O–H groups in total. The fourth-order valence-electron chi connectivity index (χ4n) is 3.89. The molecule has 3 aromatic rings. The van der Waals surface area contributed by atoms with Crippen molar-refractivity contribution in [3.05, 3.63) is 80.0 Å². The summed E-state index contributed by atoms with van der Waals surface area (Å²) in [5.41, 5.74) is -0.0630. The number of rotatable bonds is 8. The topological polar surface area (TPSA) is 81.0 Å². The second-order valence-electron chi connectivity index (χ2n) is 8.69. The highest BCUT2D eigenvalue weighted by Gasteiger charge is 2.37. The van der Waals surface area contributed by atoms with Crippen molar-refractivity contribution in [2.75, 3.05) is 30.9 Å². The number of alkyl halides is 3. The molecule has 0 amide bonds. The Morgan fingerprint density at radius 2 is 1.76 bits per heavy atom. The Balaban J connectivity index is 1.76. The summed E-state index contributed by atoms with van der Waals surface area (Å²) in [6, 6.07) is 12.0. The first kappa shape index (κ1) is 26.4. The van der Waals surface area contributed by atoms with Crippen LogP contribution < -0.4 is 30.9 Å². The number of hydrogen-bond donors (Lipinski definition) is 1. The normalized spacial score (nSPS) is 15.0. The molecule has 0 aliphatic carbocycles. The summed E-state index contributed by atoms with van der Waals surface area (Å²) < 4.78 is 50.6. The van der Waals surface area contributed by atoms with Crippen molar-refractivity contribution >= 4 is 23.1 Å². The van der Waals surface area contributed by atoms with E-state index in [2.05, 4.69) is 10.1 Å². The van der Waals surface area contributed by atoms with Gasteiger partial charge in [-0.15, -0.1) is 13.2 Å². The van der Waals surface area contributed by atoms with Crippen LogP contribution in [0, 0.1) is 0 Å². The van der Waals surface area contributed by atoms with E-state index in [0.29, 0.717) is 11.6 Å². The minimum absolute atomic E-state index is 0.0622. The summed E-state index contributed by atoms with van der Waals surface area (Å²) >= 11 is 6.01. The fraction of sp³-hybridized carbons (Fsp3) is 0.333. The van der Waals surface area contributed by atoms with E-state index >= 15 is 0 Å². The quantitative estimate of drug-likeness (QED) is 0.469. The molecule has 1 unspecified atom stereocenters. The van der Waals surface area contributed by atoms with Crippen LogP contribution in [0.1, 0.15) is 5.56 Å². The third-order valence-corrected chi connectivity index (χ3v) is 5.93. The molecule has 4 rings (SSSR count). The van der Waals surface area contributed by atoms with Crippen LogP contribution in [0.5, 0.6) is 11.5 Å². The second kappa shape index (κ2) is 10.4. The summed E-state index contributed by atoms with van der Waals surface area (Å²) in [4.78, 5) is 29.8. The summed E-state index contributed by atoms with van der Waals surface area (Å²) in [6.45, 7) is 0.985. The van der Waals surface area contributed by atoms with Gasteiger partial charge < -0.3 is 24.6 Å². The van der Waals surface area contributed by atoms with Gasteiger partial charge in [0.15, 0.2) is 0 Å². The lowest BCUT2D eigenvalue weighted by molar-refractivity contribution is -0.274. The Hall–Kier alpha value is -3.64. The average molecular weight is 540 g/mol. The Kier molecular flexibility index (Phi) is 7.42. The van der Waals surface area contributed by atoms with Gasteiger partial charge in [0, 0.05) is 37.8 Å². The molecule has 1 aromatic heterocycles. The number of nitrogens with one attached hydrogen (secondary N) is 1. The highest BCUT2D eigenvalue weighted by molar-refractivity contribution is 6.30. The Labute approximate surface area is 215 Å². The van der Waals surface area contributed by atoms with Gasteiger partial charge in [-0.3, -0.25) is 13.9 Å². The molecular formula is C24H25ClF3N5O4. The molecule has 13 heteroatoms. The van der Waals surface area contributed by atoms with Gasteiger partial charge >= 0.3 is 12.1 Å². The number of halogens is 4. The van der Waals surface area contributed by atoms with Crippen molar-refractivity contribution in [3.63, 3.8) is 0 Å². The standard InChI is InChI=1S/C24H25ClF3N5O4/c1-30(2)11-12-32-20-19(21(34)31(3)23(32)35)33(14-15-7-9-16(25)10-8-15)22(29-20)36-17-5-4-6-18(13-17)37-24(26,27)28/h4-10,13,22,29H,11-12,14H2,1-3H3. The third-order valence-electron chi connectivity index (χ3n) is 5.67. The molecule has 0 fully saturated rings. The van der Waals surface area contributed by atoms with Crippen LogP contribution in [0.3, 0.4) is 0 Å². The number of anilines is 2. The summed E-state index contributed by atoms with van der Waals surface area (Å²) in [5, 5.41) is 3.61. The van der Waals surface area contributed by atoms with E-state index < -0.39 is 29.7 Å². The minimum Gasteiger partial charge on any atom is -0.452 e. The second-order valence-corrected chi connectivity index (χ2v) is 9.13. The molecule has 2 heterocycles. The molecule has 0 saturated carbocycles. The van der Waals surface area contributed by atoms with Crippen molar-refractivity contribution in [2.45, 2.75) is 25.8 Å². The van der Waals surface area contributed by atoms with Crippen LogP contribution in [0.2, 0.25) is 5.02 Å². The molecular weight excluding hydrogens is 515 g/mol. The third kappa shape index (κ3) is 6.03. The molecule has 1 aliphatic heterocycles. The van der Waals surface area contributed by atoms with Crippen LogP contribution in [-0.2, 0) is 20.1 Å². The zero-order chi connectivity index (χ0) is 26.9. The SMILES string of the molecule is CN(C)CCn1c2c(c(=O)n(C)c1=O)N(Cc1ccc(Cl)cc1)C(Oc1cccc(OC(F)(F)F)c1)N2. The lowest BCUT2D eigenvalue weighted by Crippen LogP contribution is -2.43. The first-order chi connectivity index (χ1) is 17.4. The maximum atomic E-state index is 13.3. The Bertz CT molecular complexity index is 1390. The van der Waals surface area contributed by atoms with Crippen molar-refractivity contribution in [1.29, 1.82) is 0 Å². The summed E-state index contributed by atoms with van der Waals surface area (Å²) in [7, 11) is 5.11. The van der Waals surface area contributed by atoms with E-state index in [1.807, 2.05) is 19.0 Å². The van der Waals surface area contributed by atoms with E-state index in [1.54, 1.807) is 29.2 Å².